The first-order valence-corrected chi connectivity index (χ1v) is 14.5. The second kappa shape index (κ2) is 12.4. The highest BCUT2D eigenvalue weighted by molar-refractivity contribution is 6.01. The minimum Gasteiger partial charge on any atom is -0.486 e. The lowest BCUT2D eigenvalue weighted by molar-refractivity contribution is -0.198. The summed E-state index contributed by atoms with van der Waals surface area (Å²) < 4.78 is 12.0. The van der Waals surface area contributed by atoms with Crippen LogP contribution in [0.3, 0.4) is 0 Å². The highest BCUT2D eigenvalue weighted by atomic mass is 16.8. The Morgan fingerprint density at radius 2 is 1.80 bits per heavy atom. The number of Topliss-reactive ketones (excluding diaryl/α,β-unsaturated/α-hetero) is 1. The second-order valence-corrected chi connectivity index (χ2v) is 11.2. The first-order chi connectivity index (χ1) is 20.1. The Hall–Kier alpha value is -3.78. The lowest BCUT2D eigenvalue weighted by Crippen LogP contribution is -2.50. The third kappa shape index (κ3) is 6.59. The highest BCUT2D eigenvalue weighted by Gasteiger charge is 2.43. The van der Waals surface area contributed by atoms with Crippen molar-refractivity contribution < 1.29 is 23.9 Å². The molecule has 0 aromatic heterocycles. The van der Waals surface area contributed by atoms with Crippen LogP contribution in [0.25, 0.3) is 17.2 Å². The van der Waals surface area contributed by atoms with Gasteiger partial charge in [-0.25, -0.2) is 10.3 Å². The molecule has 1 spiro atoms. The summed E-state index contributed by atoms with van der Waals surface area (Å²) in [4.78, 5) is 33.2. The number of fused-ring (bicyclic) bond motifs is 1. The fourth-order valence-electron chi connectivity index (χ4n) is 5.95. The van der Waals surface area contributed by atoms with Crippen LogP contribution >= 0.6 is 0 Å². The number of ketones is 1. The van der Waals surface area contributed by atoms with E-state index in [1.165, 1.54) is 22.8 Å². The van der Waals surface area contributed by atoms with Crippen LogP contribution in [0.5, 0.6) is 5.75 Å². The molecule has 41 heavy (non-hydrogen) atoms. The fraction of sp³-hybridized carbons (Fsp3) is 0.353. The third-order valence-electron chi connectivity index (χ3n) is 8.23. The van der Waals surface area contributed by atoms with Gasteiger partial charge in [0.25, 0.3) is 5.91 Å². The first-order valence-electron chi connectivity index (χ1n) is 14.5. The lowest BCUT2D eigenvalue weighted by atomic mass is 9.82. The van der Waals surface area contributed by atoms with E-state index in [4.69, 9.17) is 14.3 Å². The summed E-state index contributed by atoms with van der Waals surface area (Å²) in [6.45, 7) is 3.25. The van der Waals surface area contributed by atoms with Gasteiger partial charge in [0, 0.05) is 51.6 Å². The van der Waals surface area contributed by atoms with E-state index in [1.54, 1.807) is 12.1 Å². The number of rotatable bonds is 7. The maximum Gasteiger partial charge on any atom is 0.267 e. The Labute approximate surface area is 241 Å². The maximum atomic E-state index is 13.3. The van der Waals surface area contributed by atoms with Crippen molar-refractivity contribution >= 4 is 17.8 Å². The van der Waals surface area contributed by atoms with E-state index in [0.717, 1.165) is 57.3 Å². The van der Waals surface area contributed by atoms with Gasteiger partial charge in [0.2, 0.25) is 0 Å². The van der Waals surface area contributed by atoms with Crippen molar-refractivity contribution in [2.75, 3.05) is 19.7 Å². The molecule has 7 nitrogen and oxygen atoms in total. The number of carbonyl (C=O) groups is 2. The van der Waals surface area contributed by atoms with Gasteiger partial charge in [-0.2, -0.15) is 0 Å². The van der Waals surface area contributed by atoms with Gasteiger partial charge in [0.1, 0.15) is 11.4 Å². The molecule has 0 bridgehead atoms. The Bertz CT molecular complexity index is 1410. The maximum absolute atomic E-state index is 13.3. The van der Waals surface area contributed by atoms with Crippen LogP contribution in [0.1, 0.15) is 60.0 Å². The topological polar surface area (TPSA) is 77.1 Å². The van der Waals surface area contributed by atoms with Crippen LogP contribution in [0.2, 0.25) is 0 Å². The smallest absolute Gasteiger partial charge is 0.267 e. The molecule has 2 saturated heterocycles. The van der Waals surface area contributed by atoms with Gasteiger partial charge in [-0.05, 0) is 53.3 Å². The average Bonchev–Trinajstić information content (AvgIpc) is 3.01. The molecule has 6 rings (SSSR count). The molecule has 1 atom stereocenters. The number of nitrogens with zero attached hydrogens (tertiary/aromatic N) is 1. The number of nitrogens with one attached hydrogen (secondary N) is 1. The lowest BCUT2D eigenvalue weighted by Gasteiger charge is -2.44. The van der Waals surface area contributed by atoms with E-state index in [0.29, 0.717) is 24.3 Å². The van der Waals surface area contributed by atoms with Crippen LogP contribution in [0.4, 0.5) is 0 Å². The molecule has 3 aliphatic heterocycles. The molecule has 1 N–H and O–H groups in total. The summed E-state index contributed by atoms with van der Waals surface area (Å²) in [6.07, 6.45) is 7.44. The van der Waals surface area contributed by atoms with E-state index < -0.39 is 11.9 Å². The molecular formula is C34H36N2O5. The highest BCUT2D eigenvalue weighted by Crippen LogP contribution is 2.40. The summed E-state index contributed by atoms with van der Waals surface area (Å²) in [5, 5.41) is 0. The van der Waals surface area contributed by atoms with E-state index in [1.807, 2.05) is 18.2 Å². The quantitative estimate of drug-likeness (QED) is 0.289. The number of hydrogen-bond donors (Lipinski definition) is 1. The number of piperidine rings is 1. The predicted octanol–water partition coefficient (Wildman–Crippen LogP) is 5.94. The summed E-state index contributed by atoms with van der Waals surface area (Å²) in [5.74, 6) is 0.340. The third-order valence-corrected chi connectivity index (χ3v) is 8.23. The minimum absolute atomic E-state index is 0.0894. The van der Waals surface area contributed by atoms with Gasteiger partial charge >= 0.3 is 0 Å². The van der Waals surface area contributed by atoms with Crippen LogP contribution in [0.15, 0.2) is 78.9 Å². The molecule has 0 aliphatic carbocycles. The van der Waals surface area contributed by atoms with Crippen LogP contribution < -0.4 is 10.2 Å². The zero-order chi connectivity index (χ0) is 28.1. The molecule has 0 saturated carbocycles. The Balaban J connectivity index is 1.05. The number of amides is 1. The van der Waals surface area contributed by atoms with Crippen LogP contribution in [-0.2, 0) is 20.9 Å². The van der Waals surface area contributed by atoms with Crippen molar-refractivity contribution in [3.8, 4) is 16.9 Å². The molecule has 3 aromatic carbocycles. The van der Waals surface area contributed by atoms with Crippen LogP contribution in [-0.4, -0.2) is 48.2 Å². The van der Waals surface area contributed by atoms with Crippen molar-refractivity contribution in [3.63, 3.8) is 0 Å². The van der Waals surface area contributed by atoms with Gasteiger partial charge in [0.15, 0.2) is 12.1 Å². The zero-order valence-corrected chi connectivity index (χ0v) is 23.2. The molecule has 1 unspecified atom stereocenters. The van der Waals surface area contributed by atoms with Gasteiger partial charge in [-0.1, -0.05) is 60.7 Å². The zero-order valence-electron chi connectivity index (χ0n) is 23.2. The van der Waals surface area contributed by atoms with Crippen molar-refractivity contribution in [2.24, 2.45) is 0 Å². The monoisotopic (exact) mass is 552 g/mol. The normalized spacial score (nSPS) is 20.5. The summed E-state index contributed by atoms with van der Waals surface area (Å²) in [7, 11) is 0. The van der Waals surface area contributed by atoms with Crippen molar-refractivity contribution in [3.05, 3.63) is 95.6 Å². The molecule has 2 fully saturated rings. The van der Waals surface area contributed by atoms with Crippen molar-refractivity contribution in [1.82, 2.24) is 10.4 Å². The number of benzene rings is 3. The minimum atomic E-state index is -0.463. The number of hydrogen-bond acceptors (Lipinski definition) is 6. The molecule has 0 radical (unpaired) electrons. The Morgan fingerprint density at radius 1 is 1.00 bits per heavy atom. The molecule has 3 aromatic rings. The molecule has 3 heterocycles. The number of hydroxylamine groups is 1. The number of likely N-dealkylation sites (tertiary alicyclic amines) is 1. The molecule has 1 amide bonds. The molecule has 212 valence electrons. The largest absolute Gasteiger partial charge is 0.486 e. The van der Waals surface area contributed by atoms with Gasteiger partial charge < -0.3 is 9.47 Å². The molecular weight excluding hydrogens is 516 g/mol. The summed E-state index contributed by atoms with van der Waals surface area (Å²) in [5.41, 5.74) is 7.08. The SMILES string of the molecule is O=C(C=Cc1ccc2c(c1)C(=O)CC1(CCN(Cc3ccccc3-c3ccccc3)CC1)O2)NOC1CCCCO1. The predicted molar refractivity (Wildman–Crippen MR) is 157 cm³/mol. The van der Waals surface area contributed by atoms with Gasteiger partial charge in [0.05, 0.1) is 12.0 Å². The van der Waals surface area contributed by atoms with E-state index in [9.17, 15) is 9.59 Å². The molecule has 3 aliphatic rings. The van der Waals surface area contributed by atoms with Crippen molar-refractivity contribution in [2.45, 2.75) is 57.0 Å². The van der Waals surface area contributed by atoms with Gasteiger partial charge in [-0.3, -0.25) is 14.5 Å². The van der Waals surface area contributed by atoms with E-state index in [2.05, 4.69) is 58.9 Å². The Morgan fingerprint density at radius 3 is 2.61 bits per heavy atom. The van der Waals surface area contributed by atoms with Gasteiger partial charge in [-0.15, -0.1) is 0 Å². The fourth-order valence-corrected chi connectivity index (χ4v) is 5.95. The van der Waals surface area contributed by atoms with E-state index in [-0.39, 0.29) is 11.7 Å². The van der Waals surface area contributed by atoms with Crippen LogP contribution in [0, 0.1) is 0 Å². The summed E-state index contributed by atoms with van der Waals surface area (Å²) >= 11 is 0. The number of ether oxygens (including phenoxy) is 2. The number of carbonyl (C=O) groups excluding carboxylic acids is 2. The molecule has 7 heteroatoms. The average molecular weight is 553 g/mol. The summed E-state index contributed by atoms with van der Waals surface area (Å²) in [6, 6.07) is 24.6. The van der Waals surface area contributed by atoms with Crippen molar-refractivity contribution in [1.29, 1.82) is 0 Å². The first kappa shape index (κ1) is 27.4. The van der Waals surface area contributed by atoms with E-state index >= 15 is 0 Å². The second-order valence-electron chi connectivity index (χ2n) is 11.2. The Kier molecular flexibility index (Phi) is 8.28. The standard InChI is InChI=1S/C34H36N2O5/c37-30-23-34(17-19-36(20-18-34)24-27-10-4-5-11-28(27)26-8-2-1-3-9-26)40-31-15-13-25(22-29(30)31)14-16-32(38)35-41-33-12-6-7-21-39-33/h1-5,8-11,13-16,22,33H,6-7,12,17-21,23-24H2,(H,35,38).